The average molecular weight is 600 g/mol. The summed E-state index contributed by atoms with van der Waals surface area (Å²) in [5.74, 6) is 0. The minimum atomic E-state index is -5.83. The number of rotatable bonds is 3. The maximum absolute atomic E-state index is 12.6. The lowest BCUT2D eigenvalue weighted by atomic mass is 9.91. The van der Waals surface area contributed by atoms with Gasteiger partial charge in [0.25, 0.3) is 5.60 Å². The molecule has 0 saturated carbocycles. The van der Waals surface area contributed by atoms with Crippen molar-refractivity contribution >= 4 is 44.4 Å². The van der Waals surface area contributed by atoms with Gasteiger partial charge in [-0.25, -0.2) is 0 Å². The average Bonchev–Trinajstić information content (AvgIpc) is 2.64. The Bertz CT molecular complexity index is 974. The van der Waals surface area contributed by atoms with Gasteiger partial charge in [0.2, 0.25) is 0 Å². The van der Waals surface area contributed by atoms with Gasteiger partial charge < -0.3 is 15.7 Å². The highest BCUT2D eigenvalue weighted by Gasteiger charge is 2.71. The van der Waals surface area contributed by atoms with Gasteiger partial charge in [0, 0.05) is 5.56 Å². The Morgan fingerprint density at radius 3 is 1.49 bits per heavy atom. The molecule has 0 amide bonds. The number of aryl methyl sites for hydroxylation is 1. The van der Waals surface area contributed by atoms with Crippen molar-refractivity contribution < 1.29 is 55.2 Å². The fraction of sp³-hybridized carbons (Fsp3) is 0.368. The van der Waals surface area contributed by atoms with Crippen LogP contribution in [0.2, 0.25) is 0 Å². The van der Waals surface area contributed by atoms with E-state index in [1.165, 1.54) is 25.1 Å². The molecule has 1 unspecified atom stereocenters. The maximum atomic E-state index is 12.6. The number of aliphatic hydroxyl groups is 2. The topological polar surface area (TPSA) is 72.0 Å². The van der Waals surface area contributed by atoms with Crippen molar-refractivity contribution in [2.45, 2.75) is 43.6 Å². The van der Waals surface area contributed by atoms with E-state index >= 15 is 0 Å². The minimum Gasteiger partial charge on any atom is -0.412 e. The Morgan fingerprint density at radius 1 is 0.686 bits per heavy atom. The molecule has 3 nitrogen and oxygen atoms in total. The molecule has 0 radical (unpaired) electrons. The van der Waals surface area contributed by atoms with Gasteiger partial charge in [0.05, 0.1) is 0 Å². The molecule has 0 spiro atoms. The van der Waals surface area contributed by atoms with E-state index in [-0.39, 0.29) is 21.8 Å². The van der Waals surface area contributed by atoms with Crippen LogP contribution in [0.4, 0.5) is 39.5 Å². The summed E-state index contributed by atoms with van der Waals surface area (Å²) >= 11 is 17.1. The van der Waals surface area contributed by atoms with Crippen LogP contribution in [0.5, 0.6) is 0 Å². The zero-order valence-electron chi connectivity index (χ0n) is 17.5. The van der Waals surface area contributed by atoms with Gasteiger partial charge in [-0.1, -0.05) is 54.1 Å². The number of hydrogen-bond donors (Lipinski definition) is 2. The summed E-state index contributed by atoms with van der Waals surface area (Å²) in [7, 11) is 0. The smallest absolute Gasteiger partial charge is 0.412 e. The standard InChI is InChI=1S/C10H8F6O.C9H8Cl3F3OSi.H2O/c1-6-3-2-4-7(5-6)8(17,9(11,12)13)10(14,15)16;1-8(16,9(13,14)15)6-3-2-4-7(5-6)17(10,11)12;/h2-5,17H,1H3;2-5,16H,1H3;1H2. The SMILES string of the molecule is CC(O)(c1cccc([Si](Cl)(Cl)Cl)c1)C(F)(F)F.Cc1cccc(C(O)(C(F)(F)F)C(F)(F)F)c1.O. The molecule has 16 heteroatoms. The van der Waals surface area contributed by atoms with E-state index in [1.54, 1.807) is 0 Å². The van der Waals surface area contributed by atoms with Crippen LogP contribution in [0.15, 0.2) is 48.5 Å². The maximum Gasteiger partial charge on any atom is 0.430 e. The molecule has 4 N–H and O–H groups in total. The fourth-order valence-corrected chi connectivity index (χ4v) is 4.18. The Balaban J connectivity index is 0.000000642. The molecule has 0 saturated heterocycles. The highest BCUT2D eigenvalue weighted by molar-refractivity contribution is 7.69. The first-order valence-corrected chi connectivity index (χ1v) is 13.9. The summed E-state index contributed by atoms with van der Waals surface area (Å²) in [5.41, 5.74) is -9.20. The first kappa shape index (κ1) is 33.8. The van der Waals surface area contributed by atoms with Crippen molar-refractivity contribution in [1.29, 1.82) is 0 Å². The van der Waals surface area contributed by atoms with Crippen LogP contribution in [0.1, 0.15) is 23.6 Å². The quantitative estimate of drug-likeness (QED) is 0.266. The second kappa shape index (κ2) is 11.0. The van der Waals surface area contributed by atoms with Crippen molar-refractivity contribution in [2.24, 2.45) is 0 Å². The molecule has 2 aromatic rings. The largest absolute Gasteiger partial charge is 0.430 e. The van der Waals surface area contributed by atoms with E-state index in [4.69, 9.17) is 38.3 Å². The van der Waals surface area contributed by atoms with Gasteiger partial charge in [0.15, 0.2) is 5.60 Å². The molecule has 0 aromatic heterocycles. The van der Waals surface area contributed by atoms with E-state index in [2.05, 4.69) is 0 Å². The summed E-state index contributed by atoms with van der Waals surface area (Å²) in [6.45, 7) is 1.99. The predicted octanol–water partition coefficient (Wildman–Crippen LogP) is 5.80. The molecule has 0 bridgehead atoms. The molecular formula is C19H18Cl3F9O3Si. The normalized spacial score (nSPS) is 14.9. The molecule has 2 rings (SSSR count). The summed E-state index contributed by atoms with van der Waals surface area (Å²) in [5, 5.41) is 18.7. The Kier molecular flexibility index (Phi) is 10.6. The third-order valence-corrected chi connectivity index (χ3v) is 7.49. The number of alkyl halides is 9. The van der Waals surface area contributed by atoms with Gasteiger partial charge >= 0.3 is 24.5 Å². The second-order valence-electron chi connectivity index (χ2n) is 7.22. The lowest BCUT2D eigenvalue weighted by molar-refractivity contribution is -0.376. The summed E-state index contributed by atoms with van der Waals surface area (Å²) in [4.78, 5) is 0. The lowest BCUT2D eigenvalue weighted by Crippen LogP contribution is -2.53. The van der Waals surface area contributed by atoms with Crippen LogP contribution >= 0.6 is 33.2 Å². The van der Waals surface area contributed by atoms with Crippen LogP contribution in [-0.2, 0) is 11.2 Å². The van der Waals surface area contributed by atoms with Crippen LogP contribution < -0.4 is 5.19 Å². The first-order chi connectivity index (χ1) is 15.0. The Labute approximate surface area is 208 Å². The van der Waals surface area contributed by atoms with Crippen molar-refractivity contribution in [2.75, 3.05) is 0 Å². The van der Waals surface area contributed by atoms with Gasteiger partial charge in [0.1, 0.15) is 0 Å². The number of benzene rings is 2. The van der Waals surface area contributed by atoms with E-state index in [1.807, 2.05) is 0 Å². The second-order valence-corrected chi connectivity index (χ2v) is 15.6. The van der Waals surface area contributed by atoms with Crippen LogP contribution in [0.3, 0.4) is 0 Å². The fourth-order valence-electron chi connectivity index (χ4n) is 2.52. The zero-order valence-corrected chi connectivity index (χ0v) is 20.8. The van der Waals surface area contributed by atoms with E-state index in [9.17, 15) is 44.6 Å². The predicted molar refractivity (Wildman–Crippen MR) is 116 cm³/mol. The first-order valence-electron chi connectivity index (χ1n) is 8.86. The van der Waals surface area contributed by atoms with Crippen LogP contribution in [0, 0.1) is 6.92 Å². The van der Waals surface area contributed by atoms with E-state index in [0.717, 1.165) is 18.2 Å². The van der Waals surface area contributed by atoms with Crippen molar-refractivity contribution in [1.82, 2.24) is 0 Å². The lowest BCUT2D eigenvalue weighted by Gasteiger charge is -2.32. The minimum absolute atomic E-state index is 0. The van der Waals surface area contributed by atoms with Crippen molar-refractivity contribution in [3.05, 3.63) is 65.2 Å². The summed E-state index contributed by atoms with van der Waals surface area (Å²) in [6, 6.07) is 5.29. The van der Waals surface area contributed by atoms with Crippen molar-refractivity contribution in [3.63, 3.8) is 0 Å². The van der Waals surface area contributed by atoms with E-state index in [0.29, 0.717) is 19.1 Å². The molecule has 0 aliphatic rings. The Morgan fingerprint density at radius 2 is 1.11 bits per heavy atom. The number of hydrogen-bond acceptors (Lipinski definition) is 2. The van der Waals surface area contributed by atoms with Crippen LogP contribution in [0.25, 0.3) is 0 Å². The molecule has 200 valence electrons. The summed E-state index contributed by atoms with van der Waals surface area (Å²) < 4.78 is 113. The molecule has 0 fully saturated rings. The third-order valence-electron chi connectivity index (χ3n) is 4.56. The highest BCUT2D eigenvalue weighted by Crippen LogP contribution is 2.50. The summed E-state index contributed by atoms with van der Waals surface area (Å²) in [6.07, 6.45) is -16.5. The molecule has 1 atom stereocenters. The molecule has 0 aliphatic carbocycles. The highest BCUT2D eigenvalue weighted by atomic mass is 35.8. The van der Waals surface area contributed by atoms with Crippen molar-refractivity contribution in [3.8, 4) is 0 Å². The number of halogens is 12. The van der Waals surface area contributed by atoms with Gasteiger partial charge in [-0.05, 0) is 24.6 Å². The molecule has 2 aromatic carbocycles. The molecule has 35 heavy (non-hydrogen) atoms. The molecule has 0 aliphatic heterocycles. The van der Waals surface area contributed by atoms with Gasteiger partial charge in [-0.3, -0.25) is 0 Å². The Hall–Kier alpha value is -1.22. The van der Waals surface area contributed by atoms with Gasteiger partial charge in [-0.15, -0.1) is 33.2 Å². The monoisotopic (exact) mass is 598 g/mol. The molecule has 0 heterocycles. The third kappa shape index (κ3) is 7.63. The van der Waals surface area contributed by atoms with Crippen LogP contribution in [-0.4, -0.2) is 40.2 Å². The van der Waals surface area contributed by atoms with Gasteiger partial charge in [-0.2, -0.15) is 39.5 Å². The molecular weight excluding hydrogens is 582 g/mol. The zero-order chi connectivity index (χ0) is 27.0. The van der Waals surface area contributed by atoms with E-state index < -0.39 is 41.3 Å².